The Morgan fingerprint density at radius 2 is 2.50 bits per heavy atom. The molecule has 0 aromatic heterocycles. The number of esters is 1. The number of para-hydroxylation sites is 1. The lowest BCUT2D eigenvalue weighted by Crippen LogP contribution is -2.39. The number of ether oxygens (including phenoxy) is 2. The average Bonchev–Trinajstić information content (AvgIpc) is 2.29. The molecule has 1 aliphatic heterocycles. The van der Waals surface area contributed by atoms with Gasteiger partial charge in [0.05, 0.1) is 23.3 Å². The SMILES string of the molecule is CCOC(=O)[C@H]1CNc2cccc(Br)c2O1. The molecule has 1 N–H and O–H groups in total. The van der Waals surface area contributed by atoms with Gasteiger partial charge in [-0.05, 0) is 35.0 Å². The molecule has 4 nitrogen and oxygen atoms in total. The summed E-state index contributed by atoms with van der Waals surface area (Å²) >= 11 is 3.38. The molecule has 1 aliphatic rings. The Balaban J connectivity index is 2.17. The van der Waals surface area contributed by atoms with Crippen LogP contribution in [-0.2, 0) is 9.53 Å². The van der Waals surface area contributed by atoms with Crippen molar-refractivity contribution in [2.24, 2.45) is 0 Å². The fourth-order valence-corrected chi connectivity index (χ4v) is 1.98. The molecule has 0 radical (unpaired) electrons. The third-order valence-electron chi connectivity index (χ3n) is 2.25. The molecule has 5 heteroatoms. The maximum atomic E-state index is 11.5. The number of nitrogens with one attached hydrogen (secondary N) is 1. The van der Waals surface area contributed by atoms with Gasteiger partial charge in [0.25, 0.3) is 0 Å². The van der Waals surface area contributed by atoms with Crippen LogP contribution in [0.15, 0.2) is 22.7 Å². The van der Waals surface area contributed by atoms with E-state index in [1.807, 2.05) is 18.2 Å². The summed E-state index contributed by atoms with van der Waals surface area (Å²) in [6, 6.07) is 5.68. The van der Waals surface area contributed by atoms with Crippen LogP contribution in [-0.4, -0.2) is 25.2 Å². The van der Waals surface area contributed by atoms with Crippen LogP contribution >= 0.6 is 15.9 Å². The Labute approximate surface area is 102 Å². The van der Waals surface area contributed by atoms with E-state index in [1.165, 1.54) is 0 Å². The standard InChI is InChI=1S/C11H12BrNO3/c1-2-15-11(14)9-6-13-8-5-3-4-7(12)10(8)16-9/h3-5,9,13H,2,6H2,1H3/t9-/m1/s1. The molecule has 1 aromatic rings. The lowest BCUT2D eigenvalue weighted by molar-refractivity contribution is -0.150. The van der Waals surface area contributed by atoms with Crippen LogP contribution in [0.25, 0.3) is 0 Å². The molecular formula is C11H12BrNO3. The van der Waals surface area contributed by atoms with Gasteiger partial charge in [0.2, 0.25) is 6.10 Å². The van der Waals surface area contributed by atoms with Crippen LogP contribution in [0.1, 0.15) is 6.92 Å². The average molecular weight is 286 g/mol. The highest BCUT2D eigenvalue weighted by atomic mass is 79.9. The molecular weight excluding hydrogens is 274 g/mol. The van der Waals surface area contributed by atoms with Crippen molar-refractivity contribution in [3.63, 3.8) is 0 Å². The van der Waals surface area contributed by atoms with Crippen LogP contribution in [0.4, 0.5) is 5.69 Å². The van der Waals surface area contributed by atoms with Crippen molar-refractivity contribution in [3.8, 4) is 5.75 Å². The topological polar surface area (TPSA) is 47.6 Å². The van der Waals surface area contributed by atoms with E-state index < -0.39 is 6.10 Å². The quantitative estimate of drug-likeness (QED) is 0.847. The monoisotopic (exact) mass is 285 g/mol. The highest BCUT2D eigenvalue weighted by molar-refractivity contribution is 9.10. The van der Waals surface area contributed by atoms with Gasteiger partial charge in [-0.25, -0.2) is 4.79 Å². The smallest absolute Gasteiger partial charge is 0.349 e. The van der Waals surface area contributed by atoms with Crippen molar-refractivity contribution >= 4 is 27.6 Å². The van der Waals surface area contributed by atoms with Crippen LogP contribution in [0, 0.1) is 0 Å². The number of halogens is 1. The van der Waals surface area contributed by atoms with E-state index in [1.54, 1.807) is 6.92 Å². The minimum absolute atomic E-state index is 0.337. The molecule has 0 spiro atoms. The number of carbonyl (C=O) groups excluding carboxylic acids is 1. The Bertz CT molecular complexity index is 408. The molecule has 1 atom stereocenters. The molecule has 1 aromatic carbocycles. The molecule has 0 bridgehead atoms. The second-order valence-corrected chi connectivity index (χ2v) is 4.21. The zero-order chi connectivity index (χ0) is 11.5. The fraction of sp³-hybridized carbons (Fsp3) is 0.364. The highest BCUT2D eigenvalue weighted by Crippen LogP contribution is 2.36. The third-order valence-corrected chi connectivity index (χ3v) is 2.88. The summed E-state index contributed by atoms with van der Waals surface area (Å²) in [6.07, 6.45) is -0.578. The van der Waals surface area contributed by atoms with Crippen molar-refractivity contribution in [1.29, 1.82) is 0 Å². The van der Waals surface area contributed by atoms with Gasteiger partial charge in [-0.1, -0.05) is 6.07 Å². The van der Waals surface area contributed by atoms with Gasteiger partial charge in [0.15, 0.2) is 5.75 Å². The van der Waals surface area contributed by atoms with E-state index in [4.69, 9.17) is 9.47 Å². The van der Waals surface area contributed by atoms with E-state index in [9.17, 15) is 4.79 Å². The van der Waals surface area contributed by atoms with Gasteiger partial charge in [0, 0.05) is 0 Å². The first-order valence-electron chi connectivity index (χ1n) is 5.08. The molecule has 2 rings (SSSR count). The number of rotatable bonds is 2. The summed E-state index contributed by atoms with van der Waals surface area (Å²) in [5.74, 6) is 0.322. The molecule has 86 valence electrons. The Kier molecular flexibility index (Phi) is 3.33. The summed E-state index contributed by atoms with van der Waals surface area (Å²) in [5, 5.41) is 3.14. The Hall–Kier alpha value is -1.23. The lowest BCUT2D eigenvalue weighted by atomic mass is 10.2. The first kappa shape index (κ1) is 11.3. The Morgan fingerprint density at radius 1 is 1.69 bits per heavy atom. The highest BCUT2D eigenvalue weighted by Gasteiger charge is 2.27. The summed E-state index contributed by atoms with van der Waals surface area (Å²) in [6.45, 7) is 2.57. The van der Waals surface area contributed by atoms with Crippen LogP contribution < -0.4 is 10.1 Å². The van der Waals surface area contributed by atoms with E-state index in [2.05, 4.69) is 21.2 Å². The van der Waals surface area contributed by atoms with E-state index in [0.717, 1.165) is 10.2 Å². The van der Waals surface area contributed by atoms with Gasteiger partial charge < -0.3 is 14.8 Å². The largest absolute Gasteiger partial charge is 0.473 e. The van der Waals surface area contributed by atoms with Crippen LogP contribution in [0.5, 0.6) is 5.75 Å². The molecule has 0 unspecified atom stereocenters. The number of hydrogen-bond acceptors (Lipinski definition) is 4. The van der Waals surface area contributed by atoms with E-state index in [-0.39, 0.29) is 5.97 Å². The number of carbonyl (C=O) groups is 1. The number of anilines is 1. The number of hydrogen-bond donors (Lipinski definition) is 1. The molecule has 0 amide bonds. The maximum Gasteiger partial charge on any atom is 0.349 e. The van der Waals surface area contributed by atoms with Gasteiger partial charge in [-0.15, -0.1) is 0 Å². The molecule has 16 heavy (non-hydrogen) atoms. The fourth-order valence-electron chi connectivity index (χ4n) is 1.52. The summed E-state index contributed by atoms with van der Waals surface area (Å²) in [4.78, 5) is 11.5. The van der Waals surface area contributed by atoms with Crippen molar-refractivity contribution in [1.82, 2.24) is 0 Å². The van der Waals surface area contributed by atoms with Gasteiger partial charge >= 0.3 is 5.97 Å². The molecule has 1 heterocycles. The van der Waals surface area contributed by atoms with E-state index >= 15 is 0 Å². The lowest BCUT2D eigenvalue weighted by Gasteiger charge is -2.26. The normalized spacial score (nSPS) is 18.0. The van der Waals surface area contributed by atoms with Crippen molar-refractivity contribution < 1.29 is 14.3 Å². The molecule has 0 fully saturated rings. The Morgan fingerprint density at radius 3 is 3.25 bits per heavy atom. The second-order valence-electron chi connectivity index (χ2n) is 3.36. The zero-order valence-corrected chi connectivity index (χ0v) is 10.4. The summed E-state index contributed by atoms with van der Waals surface area (Å²) in [5.41, 5.74) is 0.884. The second kappa shape index (κ2) is 4.74. The van der Waals surface area contributed by atoms with Crippen molar-refractivity contribution in [3.05, 3.63) is 22.7 Å². The van der Waals surface area contributed by atoms with E-state index in [0.29, 0.717) is 18.9 Å². The minimum Gasteiger partial charge on any atom is -0.473 e. The predicted molar refractivity (Wildman–Crippen MR) is 63.7 cm³/mol. The molecule has 0 saturated carbocycles. The molecule has 0 saturated heterocycles. The predicted octanol–water partition coefficient (Wildman–Crippen LogP) is 2.19. The minimum atomic E-state index is -0.578. The first-order chi connectivity index (χ1) is 7.72. The molecule has 0 aliphatic carbocycles. The third kappa shape index (κ3) is 2.14. The first-order valence-corrected chi connectivity index (χ1v) is 5.87. The van der Waals surface area contributed by atoms with Crippen molar-refractivity contribution in [2.75, 3.05) is 18.5 Å². The van der Waals surface area contributed by atoms with Gasteiger partial charge in [-0.2, -0.15) is 0 Å². The summed E-state index contributed by atoms with van der Waals surface area (Å²) in [7, 11) is 0. The zero-order valence-electron chi connectivity index (χ0n) is 8.83. The maximum absolute atomic E-state index is 11.5. The van der Waals surface area contributed by atoms with Crippen LogP contribution in [0.2, 0.25) is 0 Å². The number of benzene rings is 1. The van der Waals surface area contributed by atoms with Gasteiger partial charge in [0.1, 0.15) is 0 Å². The van der Waals surface area contributed by atoms with Crippen molar-refractivity contribution in [2.45, 2.75) is 13.0 Å². The number of fused-ring (bicyclic) bond motifs is 1. The summed E-state index contributed by atoms with van der Waals surface area (Å²) < 4.78 is 11.3. The van der Waals surface area contributed by atoms with Gasteiger partial charge in [-0.3, -0.25) is 0 Å². The van der Waals surface area contributed by atoms with Crippen LogP contribution in [0.3, 0.4) is 0 Å².